The Bertz CT molecular complexity index is 436. The molecule has 1 N–H and O–H groups in total. The molecule has 0 aromatic carbocycles. The molecule has 2 aromatic heterocycles. The lowest BCUT2D eigenvalue weighted by Crippen LogP contribution is -2.20. The molecule has 0 aliphatic heterocycles. The van der Waals surface area contributed by atoms with Crippen molar-refractivity contribution in [1.29, 1.82) is 0 Å². The first-order valence-electron chi connectivity index (χ1n) is 5.22. The summed E-state index contributed by atoms with van der Waals surface area (Å²) in [5, 5.41) is 17.1. The Kier molecular flexibility index (Phi) is 3.31. The maximum atomic E-state index is 4.06. The Morgan fingerprint density at radius 1 is 1.44 bits per heavy atom. The van der Waals surface area contributed by atoms with E-state index in [-0.39, 0.29) is 12.1 Å². The van der Waals surface area contributed by atoms with Crippen LogP contribution < -0.4 is 5.32 Å². The van der Waals surface area contributed by atoms with Gasteiger partial charge in [-0.05, 0) is 42.8 Å². The average molecular weight is 237 g/mol. The molecule has 0 aliphatic carbocycles. The largest absolute Gasteiger partial charge is 0.311 e. The van der Waals surface area contributed by atoms with Gasteiger partial charge in [-0.1, -0.05) is 6.07 Å². The molecule has 2 rings (SSSR count). The number of nitrogens with zero attached hydrogens (tertiary/aromatic N) is 4. The minimum absolute atomic E-state index is 0.150. The van der Waals surface area contributed by atoms with E-state index in [1.165, 1.54) is 4.88 Å². The summed E-state index contributed by atoms with van der Waals surface area (Å²) in [5.41, 5.74) is 0. The SMILES string of the molecule is CNC(C)c1nnnn1C(C)c1cccs1. The van der Waals surface area contributed by atoms with Gasteiger partial charge >= 0.3 is 0 Å². The van der Waals surface area contributed by atoms with Crippen molar-refractivity contribution in [2.75, 3.05) is 7.05 Å². The quantitative estimate of drug-likeness (QED) is 0.878. The number of hydrogen-bond donors (Lipinski definition) is 1. The average Bonchev–Trinajstić information content (AvgIpc) is 2.97. The highest BCUT2D eigenvalue weighted by Gasteiger charge is 2.18. The van der Waals surface area contributed by atoms with Crippen LogP contribution in [0.2, 0.25) is 0 Å². The predicted molar refractivity (Wildman–Crippen MR) is 63.4 cm³/mol. The molecule has 2 aromatic rings. The molecule has 0 fully saturated rings. The summed E-state index contributed by atoms with van der Waals surface area (Å²) in [6, 6.07) is 4.48. The van der Waals surface area contributed by atoms with Crippen LogP contribution in [0.1, 0.15) is 36.6 Å². The number of aromatic nitrogens is 4. The number of nitrogens with one attached hydrogen (secondary N) is 1. The van der Waals surface area contributed by atoms with E-state index in [1.54, 1.807) is 11.3 Å². The molecule has 86 valence electrons. The van der Waals surface area contributed by atoms with Crippen molar-refractivity contribution in [3.63, 3.8) is 0 Å². The first-order valence-corrected chi connectivity index (χ1v) is 6.10. The van der Waals surface area contributed by atoms with Gasteiger partial charge in [-0.25, -0.2) is 4.68 Å². The smallest absolute Gasteiger partial charge is 0.168 e. The highest BCUT2D eigenvalue weighted by molar-refractivity contribution is 7.10. The number of thiophene rings is 1. The van der Waals surface area contributed by atoms with Gasteiger partial charge in [-0.3, -0.25) is 0 Å². The Morgan fingerprint density at radius 2 is 2.25 bits per heavy atom. The Morgan fingerprint density at radius 3 is 2.88 bits per heavy atom. The first-order chi connectivity index (χ1) is 7.74. The summed E-state index contributed by atoms with van der Waals surface area (Å²) in [4.78, 5) is 1.26. The van der Waals surface area contributed by atoms with Crippen molar-refractivity contribution < 1.29 is 0 Å². The number of hydrogen-bond acceptors (Lipinski definition) is 5. The first kappa shape index (κ1) is 11.2. The molecule has 5 nitrogen and oxygen atoms in total. The molecule has 0 amide bonds. The third kappa shape index (κ3) is 1.98. The van der Waals surface area contributed by atoms with Gasteiger partial charge in [0.15, 0.2) is 5.82 Å². The fraction of sp³-hybridized carbons (Fsp3) is 0.500. The molecular formula is C10H15N5S. The maximum absolute atomic E-state index is 4.06. The van der Waals surface area contributed by atoms with E-state index in [1.807, 2.05) is 24.7 Å². The highest BCUT2D eigenvalue weighted by Crippen LogP contribution is 2.23. The molecule has 6 heteroatoms. The second kappa shape index (κ2) is 4.71. The van der Waals surface area contributed by atoms with E-state index >= 15 is 0 Å². The van der Waals surface area contributed by atoms with Gasteiger partial charge in [0, 0.05) is 4.88 Å². The molecule has 0 bridgehead atoms. The van der Waals surface area contributed by atoms with Gasteiger partial charge in [-0.2, -0.15) is 0 Å². The van der Waals surface area contributed by atoms with Crippen molar-refractivity contribution in [3.05, 3.63) is 28.2 Å². The van der Waals surface area contributed by atoms with Crippen molar-refractivity contribution in [2.24, 2.45) is 0 Å². The van der Waals surface area contributed by atoms with E-state index in [9.17, 15) is 0 Å². The van der Waals surface area contributed by atoms with Crippen LogP contribution in [0.15, 0.2) is 17.5 Å². The van der Waals surface area contributed by atoms with Crippen LogP contribution in [0.3, 0.4) is 0 Å². The van der Waals surface area contributed by atoms with Gasteiger partial charge in [-0.15, -0.1) is 16.4 Å². The minimum Gasteiger partial charge on any atom is -0.311 e. The van der Waals surface area contributed by atoms with Crippen molar-refractivity contribution in [1.82, 2.24) is 25.5 Å². The molecular weight excluding hydrogens is 222 g/mol. The van der Waals surface area contributed by atoms with E-state index in [2.05, 4.69) is 39.2 Å². The molecule has 16 heavy (non-hydrogen) atoms. The molecule has 0 radical (unpaired) electrons. The molecule has 2 atom stereocenters. The second-order valence-corrected chi connectivity index (χ2v) is 4.66. The molecule has 2 heterocycles. The zero-order valence-corrected chi connectivity index (χ0v) is 10.4. The summed E-state index contributed by atoms with van der Waals surface area (Å²) < 4.78 is 1.87. The Labute approximate surface area is 98.5 Å². The monoisotopic (exact) mass is 237 g/mol. The predicted octanol–water partition coefficient (Wildman–Crippen LogP) is 1.62. The highest BCUT2D eigenvalue weighted by atomic mass is 32.1. The summed E-state index contributed by atoms with van der Waals surface area (Å²) in [6.07, 6.45) is 0. The van der Waals surface area contributed by atoms with Crippen LogP contribution in [-0.2, 0) is 0 Å². The second-order valence-electron chi connectivity index (χ2n) is 3.68. The van der Waals surface area contributed by atoms with E-state index in [4.69, 9.17) is 0 Å². The van der Waals surface area contributed by atoms with Crippen LogP contribution in [0, 0.1) is 0 Å². The van der Waals surface area contributed by atoms with Crippen molar-refractivity contribution in [3.8, 4) is 0 Å². The lowest BCUT2D eigenvalue weighted by atomic mass is 10.2. The fourth-order valence-electron chi connectivity index (χ4n) is 1.54. The number of tetrazole rings is 1. The van der Waals surface area contributed by atoms with Crippen LogP contribution in [0.4, 0.5) is 0 Å². The number of rotatable bonds is 4. The van der Waals surface area contributed by atoms with Gasteiger partial charge < -0.3 is 5.32 Å². The van der Waals surface area contributed by atoms with Crippen LogP contribution in [0.25, 0.3) is 0 Å². The Hall–Kier alpha value is -1.27. The van der Waals surface area contributed by atoms with Gasteiger partial charge in [0.2, 0.25) is 0 Å². The summed E-state index contributed by atoms with van der Waals surface area (Å²) in [6.45, 7) is 4.15. The molecule has 2 unspecified atom stereocenters. The molecule has 0 saturated heterocycles. The topological polar surface area (TPSA) is 55.6 Å². The lowest BCUT2D eigenvalue weighted by Gasteiger charge is -2.15. The van der Waals surface area contributed by atoms with Gasteiger partial charge in [0.25, 0.3) is 0 Å². The zero-order valence-electron chi connectivity index (χ0n) is 9.58. The summed E-state index contributed by atoms with van der Waals surface area (Å²) >= 11 is 1.72. The Balaban J connectivity index is 2.30. The molecule has 0 spiro atoms. The maximum Gasteiger partial charge on any atom is 0.168 e. The van der Waals surface area contributed by atoms with E-state index < -0.39 is 0 Å². The summed E-state index contributed by atoms with van der Waals surface area (Å²) in [5.74, 6) is 0.864. The van der Waals surface area contributed by atoms with E-state index in [0.29, 0.717) is 0 Å². The van der Waals surface area contributed by atoms with Crippen LogP contribution >= 0.6 is 11.3 Å². The third-order valence-electron chi connectivity index (χ3n) is 2.66. The standard InChI is InChI=1S/C10H15N5S/c1-7(11-3)10-12-13-14-15(10)8(2)9-5-4-6-16-9/h4-8,11H,1-3H3. The van der Waals surface area contributed by atoms with Gasteiger partial charge in [0.1, 0.15) is 0 Å². The molecule has 0 aliphatic rings. The minimum atomic E-state index is 0.150. The van der Waals surface area contributed by atoms with Gasteiger partial charge in [0.05, 0.1) is 12.1 Å². The zero-order chi connectivity index (χ0) is 11.5. The van der Waals surface area contributed by atoms with Crippen LogP contribution in [0.5, 0.6) is 0 Å². The normalized spacial score (nSPS) is 14.9. The lowest BCUT2D eigenvalue weighted by molar-refractivity contribution is 0.486. The molecule has 0 saturated carbocycles. The third-order valence-corrected chi connectivity index (χ3v) is 3.70. The van der Waals surface area contributed by atoms with Crippen molar-refractivity contribution in [2.45, 2.75) is 25.9 Å². The van der Waals surface area contributed by atoms with Crippen LogP contribution in [-0.4, -0.2) is 27.3 Å². The fourth-order valence-corrected chi connectivity index (χ4v) is 2.31. The van der Waals surface area contributed by atoms with E-state index in [0.717, 1.165) is 5.82 Å². The summed E-state index contributed by atoms with van der Waals surface area (Å²) in [7, 11) is 1.90. The van der Waals surface area contributed by atoms with Crippen molar-refractivity contribution >= 4 is 11.3 Å².